The quantitative estimate of drug-likeness (QED) is 0.857. The smallest absolute Gasteiger partial charge is 0.142 e. The van der Waals surface area contributed by atoms with Gasteiger partial charge in [-0.3, -0.25) is 4.98 Å². The lowest BCUT2D eigenvalue weighted by Gasteiger charge is -2.30. The van der Waals surface area contributed by atoms with Crippen molar-refractivity contribution in [2.24, 2.45) is 0 Å². The number of nitrogens with zero attached hydrogens (tertiary/aromatic N) is 2. The van der Waals surface area contributed by atoms with E-state index in [1.807, 2.05) is 19.1 Å². The second-order valence-corrected chi connectivity index (χ2v) is 6.12. The SMILES string of the molecule is Cc1ccc(OCC2CN(C)CCO2)c(CNC2CC2)n1. The van der Waals surface area contributed by atoms with E-state index in [-0.39, 0.29) is 6.10 Å². The van der Waals surface area contributed by atoms with Gasteiger partial charge in [-0.25, -0.2) is 0 Å². The van der Waals surface area contributed by atoms with Gasteiger partial charge in [0.25, 0.3) is 0 Å². The second-order valence-electron chi connectivity index (χ2n) is 6.12. The van der Waals surface area contributed by atoms with Crippen molar-refractivity contribution in [3.05, 3.63) is 23.5 Å². The van der Waals surface area contributed by atoms with Crippen LogP contribution in [-0.4, -0.2) is 55.4 Å². The molecule has 1 aromatic heterocycles. The Hall–Kier alpha value is -1.17. The molecule has 1 saturated carbocycles. The van der Waals surface area contributed by atoms with E-state index >= 15 is 0 Å². The van der Waals surface area contributed by atoms with Gasteiger partial charge in [0, 0.05) is 31.4 Å². The molecular formula is C16H25N3O2. The van der Waals surface area contributed by atoms with E-state index in [0.717, 1.165) is 43.4 Å². The van der Waals surface area contributed by atoms with Crippen molar-refractivity contribution in [2.75, 3.05) is 33.4 Å². The zero-order valence-electron chi connectivity index (χ0n) is 13.0. The third kappa shape index (κ3) is 4.40. The minimum Gasteiger partial charge on any atom is -0.489 e. The summed E-state index contributed by atoms with van der Waals surface area (Å²) in [5.41, 5.74) is 2.04. The summed E-state index contributed by atoms with van der Waals surface area (Å²) >= 11 is 0. The fourth-order valence-electron chi connectivity index (χ4n) is 2.53. The maximum atomic E-state index is 5.98. The van der Waals surface area contributed by atoms with Crippen LogP contribution in [0.5, 0.6) is 5.75 Å². The number of hydrogen-bond acceptors (Lipinski definition) is 5. The van der Waals surface area contributed by atoms with Crippen molar-refractivity contribution in [3.8, 4) is 5.75 Å². The van der Waals surface area contributed by atoms with Crippen molar-refractivity contribution in [1.29, 1.82) is 0 Å². The molecule has 2 aliphatic rings. The molecule has 0 amide bonds. The van der Waals surface area contributed by atoms with Crippen molar-refractivity contribution >= 4 is 0 Å². The zero-order chi connectivity index (χ0) is 14.7. The lowest BCUT2D eigenvalue weighted by Crippen LogP contribution is -2.42. The third-order valence-electron chi connectivity index (χ3n) is 3.97. The molecule has 1 aromatic rings. The summed E-state index contributed by atoms with van der Waals surface area (Å²) in [5, 5.41) is 3.50. The fraction of sp³-hybridized carbons (Fsp3) is 0.688. The molecule has 0 bridgehead atoms. The van der Waals surface area contributed by atoms with E-state index in [4.69, 9.17) is 9.47 Å². The van der Waals surface area contributed by atoms with Crippen LogP contribution in [0.2, 0.25) is 0 Å². The van der Waals surface area contributed by atoms with Crippen LogP contribution in [0.3, 0.4) is 0 Å². The molecule has 116 valence electrons. The van der Waals surface area contributed by atoms with Crippen LogP contribution >= 0.6 is 0 Å². The number of nitrogens with one attached hydrogen (secondary N) is 1. The standard InChI is InChI=1S/C16H25N3O2/c1-12-3-6-16(15(18-12)9-17-13-4-5-13)21-11-14-10-19(2)7-8-20-14/h3,6,13-14,17H,4-5,7-11H2,1-2H3. The molecule has 0 radical (unpaired) electrons. The first-order chi connectivity index (χ1) is 10.2. The fourth-order valence-corrected chi connectivity index (χ4v) is 2.53. The lowest BCUT2D eigenvalue weighted by atomic mass is 10.2. The maximum Gasteiger partial charge on any atom is 0.142 e. The second kappa shape index (κ2) is 6.73. The molecule has 1 atom stereocenters. The highest BCUT2D eigenvalue weighted by Gasteiger charge is 2.22. The first-order valence-corrected chi connectivity index (χ1v) is 7.83. The van der Waals surface area contributed by atoms with Gasteiger partial charge in [-0.15, -0.1) is 0 Å². The molecule has 1 aliphatic carbocycles. The number of aryl methyl sites for hydroxylation is 1. The molecule has 5 nitrogen and oxygen atoms in total. The predicted octanol–water partition coefficient (Wildman–Crippen LogP) is 1.35. The largest absolute Gasteiger partial charge is 0.489 e. The molecule has 1 saturated heterocycles. The minimum atomic E-state index is 0.147. The van der Waals surface area contributed by atoms with Crippen molar-refractivity contribution < 1.29 is 9.47 Å². The van der Waals surface area contributed by atoms with Crippen LogP contribution in [0.4, 0.5) is 0 Å². The molecule has 1 N–H and O–H groups in total. The first-order valence-electron chi connectivity index (χ1n) is 7.83. The lowest BCUT2D eigenvalue weighted by molar-refractivity contribution is -0.0405. The summed E-state index contributed by atoms with van der Waals surface area (Å²) in [6.07, 6.45) is 2.71. The number of pyridine rings is 1. The van der Waals surface area contributed by atoms with Gasteiger partial charge in [-0.2, -0.15) is 0 Å². The Bertz CT molecular complexity index is 477. The molecular weight excluding hydrogens is 266 g/mol. The summed E-state index contributed by atoms with van der Waals surface area (Å²) in [4.78, 5) is 6.89. The number of aromatic nitrogens is 1. The molecule has 3 rings (SSSR count). The van der Waals surface area contributed by atoms with E-state index in [1.54, 1.807) is 0 Å². The molecule has 1 unspecified atom stereocenters. The van der Waals surface area contributed by atoms with Gasteiger partial charge in [-0.1, -0.05) is 0 Å². The number of likely N-dealkylation sites (N-methyl/N-ethyl adjacent to an activating group) is 1. The van der Waals surface area contributed by atoms with Gasteiger partial charge in [0.05, 0.1) is 12.3 Å². The van der Waals surface area contributed by atoms with Crippen LogP contribution in [0.1, 0.15) is 24.2 Å². The molecule has 2 heterocycles. The molecule has 0 aromatic carbocycles. The number of hydrogen-bond donors (Lipinski definition) is 1. The van der Waals surface area contributed by atoms with Gasteiger partial charge in [-0.05, 0) is 38.9 Å². The van der Waals surface area contributed by atoms with Gasteiger partial charge in [0.15, 0.2) is 0 Å². The van der Waals surface area contributed by atoms with Crippen molar-refractivity contribution in [3.63, 3.8) is 0 Å². The van der Waals surface area contributed by atoms with E-state index in [2.05, 4.69) is 22.2 Å². The van der Waals surface area contributed by atoms with E-state index in [1.165, 1.54) is 12.8 Å². The van der Waals surface area contributed by atoms with Crippen molar-refractivity contribution in [2.45, 2.75) is 38.5 Å². The van der Waals surface area contributed by atoms with Crippen LogP contribution in [0, 0.1) is 6.92 Å². The van der Waals surface area contributed by atoms with Crippen molar-refractivity contribution in [1.82, 2.24) is 15.2 Å². The minimum absolute atomic E-state index is 0.147. The molecule has 0 spiro atoms. The Labute approximate surface area is 126 Å². The number of ether oxygens (including phenoxy) is 2. The van der Waals surface area contributed by atoms with E-state index in [0.29, 0.717) is 12.6 Å². The molecule has 5 heteroatoms. The summed E-state index contributed by atoms with van der Waals surface area (Å²) in [7, 11) is 2.12. The average Bonchev–Trinajstić information content (AvgIpc) is 3.28. The van der Waals surface area contributed by atoms with Crippen LogP contribution in [0.25, 0.3) is 0 Å². The topological polar surface area (TPSA) is 46.6 Å². The van der Waals surface area contributed by atoms with Gasteiger partial charge < -0.3 is 19.7 Å². The highest BCUT2D eigenvalue weighted by molar-refractivity contribution is 5.29. The Morgan fingerprint density at radius 3 is 3.05 bits per heavy atom. The number of rotatable bonds is 6. The zero-order valence-corrected chi connectivity index (χ0v) is 13.0. The van der Waals surface area contributed by atoms with Crippen LogP contribution < -0.4 is 10.1 Å². The Kier molecular flexibility index (Phi) is 4.73. The normalized spacial score (nSPS) is 23.2. The highest BCUT2D eigenvalue weighted by atomic mass is 16.5. The molecule has 1 aliphatic heterocycles. The maximum absolute atomic E-state index is 5.98. The summed E-state index contributed by atoms with van der Waals surface area (Å²) in [5.74, 6) is 0.880. The Morgan fingerprint density at radius 2 is 2.29 bits per heavy atom. The predicted molar refractivity (Wildman–Crippen MR) is 81.6 cm³/mol. The first kappa shape index (κ1) is 14.8. The average molecular weight is 291 g/mol. The van der Waals surface area contributed by atoms with Gasteiger partial charge in [0.2, 0.25) is 0 Å². The number of morpholine rings is 1. The Morgan fingerprint density at radius 1 is 1.43 bits per heavy atom. The van der Waals surface area contributed by atoms with E-state index in [9.17, 15) is 0 Å². The molecule has 2 fully saturated rings. The monoisotopic (exact) mass is 291 g/mol. The van der Waals surface area contributed by atoms with Gasteiger partial charge >= 0.3 is 0 Å². The van der Waals surface area contributed by atoms with Crippen LogP contribution in [-0.2, 0) is 11.3 Å². The Balaban J connectivity index is 1.57. The summed E-state index contributed by atoms with van der Waals surface area (Å²) in [6.45, 7) is 6.10. The third-order valence-corrected chi connectivity index (χ3v) is 3.97. The van der Waals surface area contributed by atoms with Gasteiger partial charge in [0.1, 0.15) is 18.5 Å². The summed E-state index contributed by atoms with van der Waals surface area (Å²) < 4.78 is 11.7. The van der Waals surface area contributed by atoms with E-state index < -0.39 is 0 Å². The highest BCUT2D eigenvalue weighted by Crippen LogP contribution is 2.22. The summed E-state index contributed by atoms with van der Waals surface area (Å²) in [6, 6.07) is 4.71. The van der Waals surface area contributed by atoms with Crippen LogP contribution in [0.15, 0.2) is 12.1 Å². The molecule has 21 heavy (non-hydrogen) atoms.